The van der Waals surface area contributed by atoms with Gasteiger partial charge in [-0.2, -0.15) is 0 Å². The molecule has 2 unspecified atom stereocenters. The Kier molecular flexibility index (Phi) is 5.48. The summed E-state index contributed by atoms with van der Waals surface area (Å²) in [6, 6.07) is 2.10. The summed E-state index contributed by atoms with van der Waals surface area (Å²) >= 11 is 0. The Morgan fingerprint density at radius 1 is 1.26 bits per heavy atom. The van der Waals surface area contributed by atoms with Crippen LogP contribution in [0.5, 0.6) is 0 Å². The lowest BCUT2D eigenvalue weighted by Crippen LogP contribution is -2.63. The molecule has 0 spiro atoms. The molecule has 2 aliphatic rings. The number of carbonyl (C=O) groups is 4. The van der Waals surface area contributed by atoms with Crippen LogP contribution in [0.25, 0.3) is 0 Å². The van der Waals surface area contributed by atoms with Crippen molar-refractivity contribution in [2.45, 2.75) is 31.8 Å². The molecule has 1 aromatic rings. The van der Waals surface area contributed by atoms with Gasteiger partial charge in [0.05, 0.1) is 6.54 Å². The van der Waals surface area contributed by atoms with E-state index in [1.54, 1.807) is 34.8 Å². The Labute approximate surface area is 157 Å². The number of aryl methyl sites for hydroxylation is 1. The Morgan fingerprint density at radius 2 is 2.04 bits per heavy atom. The third-order valence-electron chi connectivity index (χ3n) is 5.14. The van der Waals surface area contributed by atoms with E-state index in [1.807, 2.05) is 0 Å². The number of aromatic nitrogens is 1. The average Bonchev–Trinajstić information content (AvgIpc) is 3.08. The van der Waals surface area contributed by atoms with E-state index < -0.39 is 18.0 Å². The van der Waals surface area contributed by atoms with Crippen molar-refractivity contribution < 1.29 is 19.2 Å². The van der Waals surface area contributed by atoms with Gasteiger partial charge in [-0.25, -0.2) is 0 Å². The molecule has 146 valence electrons. The van der Waals surface area contributed by atoms with Crippen molar-refractivity contribution >= 4 is 23.6 Å². The number of hydrogen-bond donors (Lipinski definition) is 2. The molecule has 9 heteroatoms. The molecular weight excluding hydrogens is 350 g/mol. The number of piperazine rings is 1. The van der Waals surface area contributed by atoms with Crippen molar-refractivity contribution in [1.29, 1.82) is 0 Å². The van der Waals surface area contributed by atoms with Crippen LogP contribution in [0.3, 0.4) is 0 Å². The van der Waals surface area contributed by atoms with Crippen molar-refractivity contribution in [3.63, 3.8) is 0 Å². The van der Waals surface area contributed by atoms with E-state index in [4.69, 9.17) is 0 Å². The molecule has 2 saturated heterocycles. The molecule has 3 heterocycles. The third kappa shape index (κ3) is 3.96. The molecule has 27 heavy (non-hydrogen) atoms. The highest BCUT2D eigenvalue weighted by atomic mass is 16.2. The number of nitrogens with one attached hydrogen (secondary N) is 2. The normalized spacial score (nSPS) is 23.0. The van der Waals surface area contributed by atoms with Crippen LogP contribution in [0.15, 0.2) is 18.3 Å². The highest BCUT2D eigenvalue weighted by Gasteiger charge is 2.38. The van der Waals surface area contributed by atoms with Crippen LogP contribution in [0.4, 0.5) is 0 Å². The van der Waals surface area contributed by atoms with Crippen molar-refractivity contribution in [2.24, 2.45) is 7.05 Å². The van der Waals surface area contributed by atoms with E-state index in [9.17, 15) is 19.2 Å². The van der Waals surface area contributed by atoms with Crippen LogP contribution in [0.2, 0.25) is 0 Å². The molecule has 2 aliphatic heterocycles. The number of amides is 4. The summed E-state index contributed by atoms with van der Waals surface area (Å²) in [4.78, 5) is 52.5. The first-order valence-corrected chi connectivity index (χ1v) is 9.14. The largest absolute Gasteiger partial charge is 0.354 e. The van der Waals surface area contributed by atoms with Gasteiger partial charge in [0.2, 0.25) is 17.7 Å². The van der Waals surface area contributed by atoms with Gasteiger partial charge in [0.1, 0.15) is 17.8 Å². The second-order valence-electron chi connectivity index (χ2n) is 6.98. The smallest absolute Gasteiger partial charge is 0.270 e. The van der Waals surface area contributed by atoms with Gasteiger partial charge in [-0.05, 0) is 25.0 Å². The SMILES string of the molecule is CC(=O)N1CCN(C(=O)c2cccn2C)CC1C(=O)NC1CCCNC1=O. The molecule has 0 bridgehead atoms. The minimum Gasteiger partial charge on any atom is -0.354 e. The van der Waals surface area contributed by atoms with Crippen molar-refractivity contribution in [3.8, 4) is 0 Å². The lowest BCUT2D eigenvalue weighted by Gasteiger charge is -2.40. The van der Waals surface area contributed by atoms with E-state index in [0.717, 1.165) is 6.42 Å². The fourth-order valence-corrected chi connectivity index (χ4v) is 3.59. The highest BCUT2D eigenvalue weighted by Crippen LogP contribution is 2.15. The topological polar surface area (TPSA) is 104 Å². The average molecular weight is 375 g/mol. The van der Waals surface area contributed by atoms with Gasteiger partial charge in [0, 0.05) is 39.8 Å². The van der Waals surface area contributed by atoms with Gasteiger partial charge in [-0.3, -0.25) is 19.2 Å². The monoisotopic (exact) mass is 375 g/mol. The van der Waals surface area contributed by atoms with Crippen LogP contribution in [-0.2, 0) is 21.4 Å². The minimum atomic E-state index is -0.810. The van der Waals surface area contributed by atoms with Gasteiger partial charge < -0.3 is 25.0 Å². The molecule has 4 amide bonds. The molecule has 2 atom stereocenters. The van der Waals surface area contributed by atoms with E-state index >= 15 is 0 Å². The summed E-state index contributed by atoms with van der Waals surface area (Å²) in [7, 11) is 1.78. The van der Waals surface area contributed by atoms with E-state index in [1.165, 1.54) is 11.8 Å². The minimum absolute atomic E-state index is 0.101. The van der Waals surface area contributed by atoms with Crippen LogP contribution >= 0.6 is 0 Å². The van der Waals surface area contributed by atoms with Gasteiger partial charge >= 0.3 is 0 Å². The molecular formula is C18H25N5O4. The first-order valence-electron chi connectivity index (χ1n) is 9.14. The molecule has 0 aromatic carbocycles. The van der Waals surface area contributed by atoms with Crippen molar-refractivity contribution in [1.82, 2.24) is 25.0 Å². The standard InChI is InChI=1S/C18H25N5O4/c1-12(24)23-10-9-22(18(27)14-6-4-8-21(14)2)11-15(23)17(26)20-13-5-3-7-19-16(13)25/h4,6,8,13,15H,3,5,7,9-11H2,1-2H3,(H,19,25)(H,20,26). The second kappa shape index (κ2) is 7.81. The predicted molar refractivity (Wildman–Crippen MR) is 96.7 cm³/mol. The summed E-state index contributed by atoms with van der Waals surface area (Å²) in [6.45, 7) is 2.75. The summed E-state index contributed by atoms with van der Waals surface area (Å²) in [6.07, 6.45) is 3.14. The first-order chi connectivity index (χ1) is 12.9. The molecule has 3 rings (SSSR count). The van der Waals surface area contributed by atoms with Crippen molar-refractivity contribution in [2.75, 3.05) is 26.2 Å². The summed E-state index contributed by atoms with van der Waals surface area (Å²) < 4.78 is 1.72. The number of nitrogens with zero attached hydrogens (tertiary/aromatic N) is 3. The van der Waals surface area contributed by atoms with Gasteiger partial charge in [0.15, 0.2) is 0 Å². The molecule has 2 fully saturated rings. The predicted octanol–water partition coefficient (Wildman–Crippen LogP) is -0.907. The Morgan fingerprint density at radius 3 is 2.67 bits per heavy atom. The van der Waals surface area contributed by atoms with Gasteiger partial charge in [-0.1, -0.05) is 0 Å². The quantitative estimate of drug-likeness (QED) is 0.714. The van der Waals surface area contributed by atoms with Gasteiger partial charge in [0.25, 0.3) is 5.91 Å². The van der Waals surface area contributed by atoms with Crippen LogP contribution in [0.1, 0.15) is 30.3 Å². The van der Waals surface area contributed by atoms with Crippen molar-refractivity contribution in [3.05, 3.63) is 24.0 Å². The zero-order valence-corrected chi connectivity index (χ0v) is 15.6. The fourth-order valence-electron chi connectivity index (χ4n) is 3.59. The zero-order chi connectivity index (χ0) is 19.6. The number of carbonyl (C=O) groups excluding carboxylic acids is 4. The first kappa shape index (κ1) is 18.9. The zero-order valence-electron chi connectivity index (χ0n) is 15.6. The van der Waals surface area contributed by atoms with Crippen LogP contribution in [0, 0.1) is 0 Å². The summed E-state index contributed by atoms with van der Waals surface area (Å²) in [5.41, 5.74) is 0.525. The fraction of sp³-hybridized carbons (Fsp3) is 0.556. The van der Waals surface area contributed by atoms with Crippen LogP contribution < -0.4 is 10.6 Å². The number of rotatable bonds is 3. The maximum Gasteiger partial charge on any atom is 0.270 e. The summed E-state index contributed by atoms with van der Waals surface area (Å²) in [5.74, 6) is -1.03. The Hall–Kier alpha value is -2.84. The number of piperidine rings is 1. The molecule has 0 saturated carbocycles. The van der Waals surface area contributed by atoms with E-state index in [2.05, 4.69) is 10.6 Å². The lowest BCUT2D eigenvalue weighted by atomic mass is 10.0. The Bertz CT molecular complexity index is 759. The molecule has 0 aliphatic carbocycles. The van der Waals surface area contributed by atoms with E-state index in [0.29, 0.717) is 25.2 Å². The second-order valence-corrected chi connectivity index (χ2v) is 6.98. The highest BCUT2D eigenvalue weighted by molar-refractivity contribution is 5.95. The molecule has 0 radical (unpaired) electrons. The lowest BCUT2D eigenvalue weighted by molar-refractivity contribution is -0.143. The molecule has 1 aromatic heterocycles. The Balaban J connectivity index is 1.73. The number of hydrogen-bond acceptors (Lipinski definition) is 4. The maximum atomic E-state index is 12.8. The van der Waals surface area contributed by atoms with E-state index in [-0.39, 0.29) is 30.8 Å². The van der Waals surface area contributed by atoms with Crippen LogP contribution in [-0.4, -0.2) is 76.3 Å². The third-order valence-corrected chi connectivity index (χ3v) is 5.14. The maximum absolute atomic E-state index is 12.8. The molecule has 2 N–H and O–H groups in total. The van der Waals surface area contributed by atoms with Gasteiger partial charge in [-0.15, -0.1) is 0 Å². The molecule has 9 nitrogen and oxygen atoms in total. The summed E-state index contributed by atoms with van der Waals surface area (Å²) in [5, 5.41) is 5.47.